The predicted octanol–water partition coefficient (Wildman–Crippen LogP) is 3.87. The van der Waals surface area contributed by atoms with Crippen LogP contribution in [0.1, 0.15) is 48.0 Å². The highest BCUT2D eigenvalue weighted by molar-refractivity contribution is 9.09. The van der Waals surface area contributed by atoms with Crippen molar-refractivity contribution in [3.63, 3.8) is 0 Å². The molecule has 1 aliphatic rings. The van der Waals surface area contributed by atoms with E-state index >= 15 is 0 Å². The van der Waals surface area contributed by atoms with Gasteiger partial charge in [0.1, 0.15) is 5.75 Å². The molecular formula is C16H22BrNO2. The third-order valence-electron chi connectivity index (χ3n) is 4.04. The molecule has 1 aromatic rings. The van der Waals surface area contributed by atoms with Crippen molar-refractivity contribution in [2.24, 2.45) is 0 Å². The lowest BCUT2D eigenvalue weighted by atomic mass is 9.93. The summed E-state index contributed by atoms with van der Waals surface area (Å²) in [5, 5.41) is 10.3. The van der Waals surface area contributed by atoms with E-state index in [4.69, 9.17) is 0 Å². The number of alkyl halides is 1. The number of phenolic OH excluding ortho intramolecular Hbond substituents is 1. The third-order valence-corrected chi connectivity index (χ3v) is 4.40. The summed E-state index contributed by atoms with van der Waals surface area (Å²) in [6.07, 6.45) is 5.92. The molecule has 1 amide bonds. The summed E-state index contributed by atoms with van der Waals surface area (Å²) in [7, 11) is 0. The van der Waals surface area contributed by atoms with Gasteiger partial charge in [-0.15, -0.1) is 0 Å². The van der Waals surface area contributed by atoms with Crippen LogP contribution in [-0.4, -0.2) is 33.8 Å². The standard InChI is InChI=1S/C16H22BrNO2/c1-12-11-14(19)7-8-15(12)16(20)18(10-9-17)13-5-3-2-4-6-13/h7-8,11,13,19H,2-6,9-10H2,1H3. The number of nitrogens with zero attached hydrogens (tertiary/aromatic N) is 1. The van der Waals surface area contributed by atoms with Crippen LogP contribution in [0.15, 0.2) is 18.2 Å². The largest absolute Gasteiger partial charge is 0.508 e. The lowest BCUT2D eigenvalue weighted by molar-refractivity contribution is 0.0650. The SMILES string of the molecule is Cc1cc(O)ccc1C(=O)N(CCBr)C1CCCCC1. The Bertz CT molecular complexity index is 470. The molecule has 2 rings (SSSR count). The van der Waals surface area contributed by atoms with E-state index in [-0.39, 0.29) is 11.7 Å². The number of aryl methyl sites for hydroxylation is 1. The molecule has 1 aliphatic carbocycles. The van der Waals surface area contributed by atoms with E-state index in [9.17, 15) is 9.90 Å². The van der Waals surface area contributed by atoms with Crippen LogP contribution in [-0.2, 0) is 0 Å². The summed E-state index contributed by atoms with van der Waals surface area (Å²) in [6, 6.07) is 5.34. The van der Waals surface area contributed by atoms with Gasteiger partial charge in [-0.05, 0) is 43.5 Å². The number of amides is 1. The molecule has 1 saturated carbocycles. The van der Waals surface area contributed by atoms with Gasteiger partial charge < -0.3 is 10.0 Å². The number of carbonyl (C=O) groups is 1. The van der Waals surface area contributed by atoms with E-state index in [1.54, 1.807) is 18.2 Å². The Balaban J connectivity index is 2.21. The second-order valence-corrected chi connectivity index (χ2v) is 6.27. The second-order valence-electron chi connectivity index (χ2n) is 5.48. The molecular weight excluding hydrogens is 318 g/mol. The van der Waals surface area contributed by atoms with Crippen LogP contribution in [0.4, 0.5) is 0 Å². The average Bonchev–Trinajstić information content (AvgIpc) is 2.45. The van der Waals surface area contributed by atoms with E-state index in [2.05, 4.69) is 15.9 Å². The van der Waals surface area contributed by atoms with Crippen LogP contribution in [0.3, 0.4) is 0 Å². The van der Waals surface area contributed by atoms with Gasteiger partial charge in [-0.2, -0.15) is 0 Å². The first kappa shape index (κ1) is 15.4. The molecule has 0 bridgehead atoms. The fraction of sp³-hybridized carbons (Fsp3) is 0.562. The van der Waals surface area contributed by atoms with Gasteiger partial charge in [0.15, 0.2) is 0 Å². The summed E-state index contributed by atoms with van der Waals surface area (Å²) in [6.45, 7) is 2.62. The normalized spacial score (nSPS) is 16.1. The van der Waals surface area contributed by atoms with Crippen molar-refractivity contribution in [3.05, 3.63) is 29.3 Å². The van der Waals surface area contributed by atoms with Crippen LogP contribution >= 0.6 is 15.9 Å². The van der Waals surface area contributed by atoms with Gasteiger partial charge in [0.05, 0.1) is 0 Å². The summed E-state index contributed by atoms with van der Waals surface area (Å²) in [5.41, 5.74) is 1.54. The van der Waals surface area contributed by atoms with Crippen molar-refractivity contribution in [3.8, 4) is 5.75 Å². The first-order valence-corrected chi connectivity index (χ1v) is 8.42. The number of hydrogen-bond acceptors (Lipinski definition) is 2. The van der Waals surface area contributed by atoms with Crippen molar-refractivity contribution >= 4 is 21.8 Å². The van der Waals surface area contributed by atoms with Gasteiger partial charge in [0.2, 0.25) is 0 Å². The van der Waals surface area contributed by atoms with Crippen LogP contribution in [0.25, 0.3) is 0 Å². The number of rotatable bonds is 4. The second kappa shape index (κ2) is 7.11. The van der Waals surface area contributed by atoms with E-state index in [1.807, 2.05) is 11.8 Å². The molecule has 0 aliphatic heterocycles. The smallest absolute Gasteiger partial charge is 0.254 e. The Kier molecular flexibility index (Phi) is 5.46. The monoisotopic (exact) mass is 339 g/mol. The molecule has 0 heterocycles. The molecule has 110 valence electrons. The maximum Gasteiger partial charge on any atom is 0.254 e. The lowest BCUT2D eigenvalue weighted by Crippen LogP contribution is -2.42. The van der Waals surface area contributed by atoms with Gasteiger partial charge in [0, 0.05) is 23.5 Å². The fourth-order valence-electron chi connectivity index (χ4n) is 2.98. The highest BCUT2D eigenvalue weighted by atomic mass is 79.9. The molecule has 1 aromatic carbocycles. The number of carbonyl (C=O) groups excluding carboxylic acids is 1. The average molecular weight is 340 g/mol. The summed E-state index contributed by atoms with van der Waals surface area (Å²) in [4.78, 5) is 14.8. The van der Waals surface area contributed by atoms with Crippen molar-refractivity contribution in [2.45, 2.75) is 45.1 Å². The molecule has 0 radical (unpaired) electrons. The van der Waals surface area contributed by atoms with Crippen LogP contribution in [0.5, 0.6) is 5.75 Å². The van der Waals surface area contributed by atoms with Gasteiger partial charge in [-0.1, -0.05) is 35.2 Å². The van der Waals surface area contributed by atoms with E-state index in [0.717, 1.165) is 30.3 Å². The van der Waals surface area contributed by atoms with E-state index in [1.165, 1.54) is 19.3 Å². The van der Waals surface area contributed by atoms with Gasteiger partial charge >= 0.3 is 0 Å². The molecule has 20 heavy (non-hydrogen) atoms. The quantitative estimate of drug-likeness (QED) is 0.846. The Labute approximate surface area is 129 Å². The molecule has 1 fully saturated rings. The van der Waals surface area contributed by atoms with Crippen LogP contribution < -0.4 is 0 Å². The molecule has 3 nitrogen and oxygen atoms in total. The minimum Gasteiger partial charge on any atom is -0.508 e. The predicted molar refractivity (Wildman–Crippen MR) is 84.5 cm³/mol. The van der Waals surface area contributed by atoms with Gasteiger partial charge in [-0.3, -0.25) is 4.79 Å². The molecule has 0 atom stereocenters. The number of phenols is 1. The van der Waals surface area contributed by atoms with Crippen molar-refractivity contribution in [1.82, 2.24) is 4.90 Å². The topological polar surface area (TPSA) is 40.5 Å². The lowest BCUT2D eigenvalue weighted by Gasteiger charge is -2.34. The molecule has 0 aromatic heterocycles. The highest BCUT2D eigenvalue weighted by Crippen LogP contribution is 2.25. The van der Waals surface area contributed by atoms with Crippen molar-refractivity contribution in [1.29, 1.82) is 0 Å². The molecule has 0 unspecified atom stereocenters. The zero-order chi connectivity index (χ0) is 14.5. The summed E-state index contributed by atoms with van der Waals surface area (Å²) in [5.74, 6) is 0.303. The molecule has 1 N–H and O–H groups in total. The molecule has 0 spiro atoms. The van der Waals surface area contributed by atoms with E-state index in [0.29, 0.717) is 11.6 Å². The molecule has 0 saturated heterocycles. The van der Waals surface area contributed by atoms with Crippen molar-refractivity contribution < 1.29 is 9.90 Å². The van der Waals surface area contributed by atoms with Crippen LogP contribution in [0.2, 0.25) is 0 Å². The number of benzene rings is 1. The summed E-state index contributed by atoms with van der Waals surface area (Å²) >= 11 is 3.45. The maximum absolute atomic E-state index is 12.8. The highest BCUT2D eigenvalue weighted by Gasteiger charge is 2.26. The Morgan fingerprint density at radius 3 is 2.65 bits per heavy atom. The Morgan fingerprint density at radius 1 is 1.35 bits per heavy atom. The van der Waals surface area contributed by atoms with E-state index < -0.39 is 0 Å². The molecule has 4 heteroatoms. The fourth-order valence-corrected chi connectivity index (χ4v) is 3.36. The number of hydrogen-bond donors (Lipinski definition) is 1. The first-order valence-electron chi connectivity index (χ1n) is 7.30. The zero-order valence-electron chi connectivity index (χ0n) is 11.9. The zero-order valence-corrected chi connectivity index (χ0v) is 13.5. The minimum absolute atomic E-state index is 0.0915. The Morgan fingerprint density at radius 2 is 2.05 bits per heavy atom. The Hall–Kier alpha value is -1.03. The van der Waals surface area contributed by atoms with Crippen molar-refractivity contribution in [2.75, 3.05) is 11.9 Å². The number of halogens is 1. The number of aromatic hydroxyl groups is 1. The van der Waals surface area contributed by atoms with Crippen LogP contribution in [0, 0.1) is 6.92 Å². The minimum atomic E-state index is 0.0915. The first-order chi connectivity index (χ1) is 9.63. The maximum atomic E-state index is 12.8. The summed E-state index contributed by atoms with van der Waals surface area (Å²) < 4.78 is 0. The van der Waals surface area contributed by atoms with Gasteiger partial charge in [-0.25, -0.2) is 0 Å². The third kappa shape index (κ3) is 3.54. The van der Waals surface area contributed by atoms with Gasteiger partial charge in [0.25, 0.3) is 5.91 Å².